The maximum absolute atomic E-state index is 11.1. The second-order valence-electron chi connectivity index (χ2n) is 3.89. The first-order chi connectivity index (χ1) is 10.2. The van der Waals surface area contributed by atoms with Crippen LogP contribution in [0.5, 0.6) is 11.5 Å². The molecule has 0 fully saturated rings. The van der Waals surface area contributed by atoms with E-state index in [1.807, 2.05) is 0 Å². The summed E-state index contributed by atoms with van der Waals surface area (Å²) in [6.45, 7) is 2.13. The Morgan fingerprint density at radius 1 is 1.19 bits per heavy atom. The normalized spacial score (nSPS) is 10.2. The number of methoxy groups -OCH3 is 2. The number of aldehydes is 1. The first kappa shape index (κ1) is 16.6. The van der Waals surface area contributed by atoms with Crippen molar-refractivity contribution < 1.29 is 28.5 Å². The number of ether oxygens (including phenoxy) is 4. The summed E-state index contributed by atoms with van der Waals surface area (Å²) in [5.41, 5.74) is 1.05. The van der Waals surface area contributed by atoms with Crippen molar-refractivity contribution in [3.8, 4) is 11.5 Å². The monoisotopic (exact) mass is 294 g/mol. The molecule has 6 nitrogen and oxygen atoms in total. The van der Waals surface area contributed by atoms with E-state index in [4.69, 9.17) is 18.9 Å². The van der Waals surface area contributed by atoms with Crippen LogP contribution in [0.4, 0.5) is 0 Å². The van der Waals surface area contributed by atoms with E-state index in [2.05, 4.69) is 0 Å². The van der Waals surface area contributed by atoms with Gasteiger partial charge in [0.25, 0.3) is 0 Å². The zero-order chi connectivity index (χ0) is 15.7. The quantitative estimate of drug-likeness (QED) is 0.316. The first-order valence-corrected chi connectivity index (χ1v) is 6.31. The number of carbonyl (C=O) groups excluding carboxylic acids is 2. The van der Waals surface area contributed by atoms with Crippen molar-refractivity contribution in [1.82, 2.24) is 0 Å². The number of benzene rings is 1. The van der Waals surface area contributed by atoms with Crippen molar-refractivity contribution in [3.63, 3.8) is 0 Å². The van der Waals surface area contributed by atoms with Gasteiger partial charge in [0.1, 0.15) is 6.61 Å². The van der Waals surface area contributed by atoms with Gasteiger partial charge in [0.2, 0.25) is 0 Å². The van der Waals surface area contributed by atoms with Crippen LogP contribution in [0.1, 0.15) is 22.8 Å². The summed E-state index contributed by atoms with van der Waals surface area (Å²) in [6.07, 6.45) is 3.10. The van der Waals surface area contributed by atoms with Crippen molar-refractivity contribution >= 4 is 12.3 Å². The Morgan fingerprint density at radius 2 is 1.86 bits per heavy atom. The molecule has 0 aromatic heterocycles. The molecule has 0 spiro atoms. The molecule has 0 atom stereocenters. The predicted octanol–water partition coefficient (Wildman–Crippen LogP) is 2.11. The Balaban J connectivity index is 2.78. The lowest BCUT2D eigenvalue weighted by atomic mass is 10.1. The average molecular weight is 294 g/mol. The van der Waals surface area contributed by atoms with Gasteiger partial charge in [-0.25, -0.2) is 4.79 Å². The van der Waals surface area contributed by atoms with Crippen LogP contribution in [0.2, 0.25) is 0 Å². The van der Waals surface area contributed by atoms with Crippen LogP contribution in [0.3, 0.4) is 0 Å². The minimum atomic E-state index is -0.486. The topological polar surface area (TPSA) is 71.1 Å². The second-order valence-corrected chi connectivity index (χ2v) is 3.89. The molecule has 0 aliphatic rings. The highest BCUT2D eigenvalue weighted by atomic mass is 16.5. The highest BCUT2D eigenvalue weighted by Gasteiger charge is 2.10. The lowest BCUT2D eigenvalue weighted by molar-refractivity contribution is -0.137. The van der Waals surface area contributed by atoms with Gasteiger partial charge in [-0.2, -0.15) is 0 Å². The van der Waals surface area contributed by atoms with E-state index in [0.717, 1.165) is 0 Å². The van der Waals surface area contributed by atoms with Crippen molar-refractivity contribution in [2.24, 2.45) is 0 Å². The second kappa shape index (κ2) is 8.63. The Bertz CT molecular complexity index is 521. The molecule has 0 bridgehead atoms. The summed E-state index contributed by atoms with van der Waals surface area (Å²) < 4.78 is 20.2. The lowest BCUT2D eigenvalue weighted by Crippen LogP contribution is -2.01. The Labute approximate surface area is 123 Å². The summed E-state index contributed by atoms with van der Waals surface area (Å²) in [5, 5.41) is 0. The molecular weight excluding hydrogens is 276 g/mol. The number of carbonyl (C=O) groups is 2. The summed E-state index contributed by atoms with van der Waals surface area (Å²) in [5.74, 6) is 0.474. The van der Waals surface area contributed by atoms with Crippen molar-refractivity contribution in [3.05, 3.63) is 35.6 Å². The largest absolute Gasteiger partial charge is 0.496 e. The SMILES string of the molecule is CCOC(=O)/C=C/OCc1cc(OC)c(OC)cc1C=O. The van der Waals surface area contributed by atoms with Gasteiger partial charge in [0.05, 0.1) is 33.2 Å². The van der Waals surface area contributed by atoms with E-state index < -0.39 is 5.97 Å². The van der Waals surface area contributed by atoms with Gasteiger partial charge in [0.15, 0.2) is 17.8 Å². The van der Waals surface area contributed by atoms with Gasteiger partial charge in [-0.1, -0.05) is 0 Å². The van der Waals surface area contributed by atoms with E-state index in [-0.39, 0.29) is 6.61 Å². The van der Waals surface area contributed by atoms with E-state index in [9.17, 15) is 9.59 Å². The third-order valence-corrected chi connectivity index (χ3v) is 2.60. The van der Waals surface area contributed by atoms with Crippen LogP contribution in [0.25, 0.3) is 0 Å². The van der Waals surface area contributed by atoms with Crippen molar-refractivity contribution in [2.75, 3.05) is 20.8 Å². The molecule has 21 heavy (non-hydrogen) atoms. The van der Waals surface area contributed by atoms with Gasteiger partial charge in [0, 0.05) is 11.1 Å². The van der Waals surface area contributed by atoms with Gasteiger partial charge >= 0.3 is 5.97 Å². The fourth-order valence-corrected chi connectivity index (χ4v) is 1.60. The molecule has 0 heterocycles. The molecule has 1 aromatic carbocycles. The van der Waals surface area contributed by atoms with E-state index in [1.54, 1.807) is 19.1 Å². The lowest BCUT2D eigenvalue weighted by Gasteiger charge is -2.11. The maximum Gasteiger partial charge on any atom is 0.333 e. The minimum absolute atomic E-state index is 0.115. The third-order valence-electron chi connectivity index (χ3n) is 2.60. The fourth-order valence-electron chi connectivity index (χ4n) is 1.60. The van der Waals surface area contributed by atoms with E-state index in [0.29, 0.717) is 35.5 Å². The van der Waals surface area contributed by atoms with Gasteiger partial charge < -0.3 is 18.9 Å². The molecule has 0 amide bonds. The van der Waals surface area contributed by atoms with Crippen LogP contribution in [-0.2, 0) is 20.9 Å². The molecule has 114 valence electrons. The van der Waals surface area contributed by atoms with Crippen LogP contribution in [0.15, 0.2) is 24.5 Å². The molecule has 0 saturated heterocycles. The number of esters is 1. The standard InChI is InChI=1S/C15H18O6/c1-4-21-15(17)5-6-20-10-12-8-14(19-3)13(18-2)7-11(12)9-16/h5-9H,4,10H2,1-3H3/b6-5+. The van der Waals surface area contributed by atoms with E-state index >= 15 is 0 Å². The van der Waals surface area contributed by atoms with Crippen molar-refractivity contribution in [2.45, 2.75) is 13.5 Å². The zero-order valence-electron chi connectivity index (χ0n) is 12.3. The smallest absolute Gasteiger partial charge is 0.333 e. The zero-order valence-corrected chi connectivity index (χ0v) is 12.3. The highest BCUT2D eigenvalue weighted by molar-refractivity contribution is 5.81. The number of hydrogen-bond donors (Lipinski definition) is 0. The average Bonchev–Trinajstić information content (AvgIpc) is 2.51. The van der Waals surface area contributed by atoms with Gasteiger partial charge in [-0.3, -0.25) is 4.79 Å². The predicted molar refractivity (Wildman–Crippen MR) is 75.5 cm³/mol. The molecular formula is C15H18O6. The molecule has 0 radical (unpaired) electrons. The van der Waals surface area contributed by atoms with Crippen LogP contribution < -0.4 is 9.47 Å². The number of hydrogen-bond acceptors (Lipinski definition) is 6. The highest BCUT2D eigenvalue weighted by Crippen LogP contribution is 2.30. The minimum Gasteiger partial charge on any atom is -0.496 e. The summed E-state index contributed by atoms with van der Waals surface area (Å²) in [4.78, 5) is 22.2. The Morgan fingerprint density at radius 3 is 2.43 bits per heavy atom. The van der Waals surface area contributed by atoms with E-state index in [1.165, 1.54) is 26.6 Å². The van der Waals surface area contributed by atoms with Gasteiger partial charge in [-0.05, 0) is 19.1 Å². The molecule has 0 N–H and O–H groups in total. The maximum atomic E-state index is 11.1. The molecule has 1 aromatic rings. The molecule has 0 saturated carbocycles. The Kier molecular flexibility index (Phi) is 6.80. The molecule has 0 aliphatic carbocycles. The fraction of sp³-hybridized carbons (Fsp3) is 0.333. The van der Waals surface area contributed by atoms with Crippen LogP contribution >= 0.6 is 0 Å². The molecule has 0 unspecified atom stereocenters. The Hall–Kier alpha value is -2.50. The van der Waals surface area contributed by atoms with Crippen molar-refractivity contribution in [1.29, 1.82) is 0 Å². The van der Waals surface area contributed by atoms with Crippen LogP contribution in [-0.4, -0.2) is 33.1 Å². The molecule has 6 heteroatoms. The number of rotatable bonds is 8. The van der Waals surface area contributed by atoms with Gasteiger partial charge in [-0.15, -0.1) is 0 Å². The molecule has 1 rings (SSSR count). The third kappa shape index (κ3) is 4.83. The first-order valence-electron chi connectivity index (χ1n) is 6.31. The summed E-state index contributed by atoms with van der Waals surface area (Å²) in [6, 6.07) is 3.22. The van der Waals surface area contributed by atoms with Crippen LogP contribution in [0, 0.1) is 0 Å². The summed E-state index contributed by atoms with van der Waals surface area (Å²) >= 11 is 0. The molecule has 0 aliphatic heterocycles. The summed E-state index contributed by atoms with van der Waals surface area (Å²) in [7, 11) is 2.99.